The van der Waals surface area contributed by atoms with Gasteiger partial charge in [-0.3, -0.25) is 4.79 Å². The van der Waals surface area contributed by atoms with Crippen LogP contribution in [0.25, 0.3) is 0 Å². The van der Waals surface area contributed by atoms with Crippen molar-refractivity contribution in [1.29, 1.82) is 0 Å². The van der Waals surface area contributed by atoms with Crippen molar-refractivity contribution in [3.05, 3.63) is 65.7 Å². The number of hydrogen-bond donors (Lipinski definition) is 2. The molecule has 2 aromatic carbocycles. The van der Waals surface area contributed by atoms with Gasteiger partial charge < -0.3 is 15.0 Å². The second kappa shape index (κ2) is 9.08. The van der Waals surface area contributed by atoms with Gasteiger partial charge in [0, 0.05) is 12.1 Å². The van der Waals surface area contributed by atoms with Crippen LogP contribution in [0.5, 0.6) is 5.75 Å². The highest BCUT2D eigenvalue weighted by molar-refractivity contribution is 5.79. The number of amides is 1. The van der Waals surface area contributed by atoms with Gasteiger partial charge in [0.2, 0.25) is 0 Å². The fraction of sp³-hybridized carbons (Fsp3) is 0.350. The van der Waals surface area contributed by atoms with E-state index in [9.17, 15) is 4.79 Å². The minimum atomic E-state index is -0.111. The third-order valence-corrected chi connectivity index (χ3v) is 4.16. The molecule has 128 valence electrons. The van der Waals surface area contributed by atoms with Crippen LogP contribution in [0.15, 0.2) is 54.6 Å². The fourth-order valence-electron chi connectivity index (χ4n) is 2.51. The third-order valence-electron chi connectivity index (χ3n) is 4.16. The van der Waals surface area contributed by atoms with Crippen molar-refractivity contribution < 1.29 is 14.4 Å². The van der Waals surface area contributed by atoms with Crippen LogP contribution in [0.2, 0.25) is 0 Å². The standard InChI is InChI=1S/C20H26N2O2/c1-4-24-19-12-10-18(11-13-19)15-22(3)16(2)20(23)21-14-17-8-6-5-7-9-17/h5-13,16H,4,14-15H2,1-3H3,(H,21,23)/p+1/t16-/m0/s1. The third kappa shape index (κ3) is 5.39. The van der Waals surface area contributed by atoms with Crippen LogP contribution < -0.4 is 15.0 Å². The molecule has 0 aliphatic rings. The molecule has 4 nitrogen and oxygen atoms in total. The molecule has 4 heteroatoms. The average Bonchev–Trinajstić information content (AvgIpc) is 2.61. The van der Waals surface area contributed by atoms with Gasteiger partial charge >= 0.3 is 0 Å². The summed E-state index contributed by atoms with van der Waals surface area (Å²) in [5.41, 5.74) is 2.31. The summed E-state index contributed by atoms with van der Waals surface area (Å²) in [6, 6.07) is 17.9. The summed E-state index contributed by atoms with van der Waals surface area (Å²) in [5, 5.41) is 3.01. The Hall–Kier alpha value is -2.33. The molecule has 0 spiro atoms. The lowest BCUT2D eigenvalue weighted by Crippen LogP contribution is -3.12. The Balaban J connectivity index is 1.84. The van der Waals surface area contributed by atoms with Gasteiger partial charge in [0.1, 0.15) is 12.3 Å². The van der Waals surface area contributed by atoms with E-state index in [1.807, 2.05) is 63.4 Å². The van der Waals surface area contributed by atoms with E-state index in [0.29, 0.717) is 13.2 Å². The predicted octanol–water partition coefficient (Wildman–Crippen LogP) is 1.80. The lowest BCUT2D eigenvalue weighted by molar-refractivity contribution is -0.908. The summed E-state index contributed by atoms with van der Waals surface area (Å²) in [7, 11) is 2.04. The van der Waals surface area contributed by atoms with E-state index >= 15 is 0 Å². The zero-order valence-corrected chi connectivity index (χ0v) is 14.7. The fourth-order valence-corrected chi connectivity index (χ4v) is 2.51. The molecule has 1 unspecified atom stereocenters. The highest BCUT2D eigenvalue weighted by Crippen LogP contribution is 2.11. The predicted molar refractivity (Wildman–Crippen MR) is 96.0 cm³/mol. The Morgan fingerprint density at radius 1 is 1.08 bits per heavy atom. The summed E-state index contributed by atoms with van der Waals surface area (Å²) in [4.78, 5) is 13.5. The number of nitrogens with one attached hydrogen (secondary N) is 2. The maximum absolute atomic E-state index is 12.3. The lowest BCUT2D eigenvalue weighted by Gasteiger charge is -2.21. The number of benzene rings is 2. The molecule has 0 radical (unpaired) electrons. The normalized spacial score (nSPS) is 13.1. The van der Waals surface area contributed by atoms with Crippen molar-refractivity contribution >= 4 is 5.91 Å². The topological polar surface area (TPSA) is 42.8 Å². The van der Waals surface area contributed by atoms with Crippen molar-refractivity contribution in [3.63, 3.8) is 0 Å². The van der Waals surface area contributed by atoms with E-state index in [2.05, 4.69) is 17.4 Å². The van der Waals surface area contributed by atoms with E-state index < -0.39 is 0 Å². The quantitative estimate of drug-likeness (QED) is 0.776. The molecular weight excluding hydrogens is 300 g/mol. The van der Waals surface area contributed by atoms with Crippen molar-refractivity contribution in [2.45, 2.75) is 33.0 Å². The second-order valence-electron chi connectivity index (χ2n) is 6.03. The lowest BCUT2D eigenvalue weighted by atomic mass is 10.1. The molecule has 24 heavy (non-hydrogen) atoms. The first-order valence-corrected chi connectivity index (χ1v) is 8.45. The molecule has 0 fully saturated rings. The van der Waals surface area contributed by atoms with Crippen molar-refractivity contribution in [3.8, 4) is 5.75 Å². The molecule has 0 aliphatic carbocycles. The molecule has 0 heterocycles. The Labute approximate surface area is 144 Å². The average molecular weight is 327 g/mol. The van der Waals surface area contributed by atoms with Crippen LogP contribution in [0, 0.1) is 0 Å². The maximum Gasteiger partial charge on any atom is 0.278 e. The van der Waals surface area contributed by atoms with E-state index in [1.54, 1.807) is 0 Å². The molecule has 0 saturated heterocycles. The smallest absolute Gasteiger partial charge is 0.278 e. The van der Waals surface area contributed by atoms with Crippen LogP contribution in [-0.2, 0) is 17.9 Å². The summed E-state index contributed by atoms with van der Waals surface area (Å²) in [6.45, 7) is 5.97. The molecule has 1 amide bonds. The Morgan fingerprint density at radius 2 is 1.75 bits per heavy atom. The first-order valence-electron chi connectivity index (χ1n) is 8.45. The van der Waals surface area contributed by atoms with Gasteiger partial charge in [-0.15, -0.1) is 0 Å². The minimum Gasteiger partial charge on any atom is -0.494 e. The van der Waals surface area contributed by atoms with Crippen LogP contribution in [0.1, 0.15) is 25.0 Å². The molecule has 0 aromatic heterocycles. The number of carbonyl (C=O) groups is 1. The summed E-state index contributed by atoms with van der Waals surface area (Å²) < 4.78 is 5.45. The van der Waals surface area contributed by atoms with E-state index in [1.165, 1.54) is 5.56 Å². The molecule has 2 aromatic rings. The Morgan fingerprint density at radius 3 is 2.38 bits per heavy atom. The molecular formula is C20H27N2O2+. The molecule has 2 atom stereocenters. The summed E-state index contributed by atoms with van der Waals surface area (Å²) >= 11 is 0. The monoisotopic (exact) mass is 327 g/mol. The highest BCUT2D eigenvalue weighted by Gasteiger charge is 2.21. The van der Waals surface area contributed by atoms with Gasteiger partial charge in [0.25, 0.3) is 5.91 Å². The summed E-state index contributed by atoms with van der Waals surface area (Å²) in [5.74, 6) is 0.954. The first-order chi connectivity index (χ1) is 11.6. The van der Waals surface area contributed by atoms with Gasteiger partial charge in [-0.2, -0.15) is 0 Å². The number of quaternary nitrogens is 1. The van der Waals surface area contributed by atoms with Crippen molar-refractivity contribution in [2.75, 3.05) is 13.7 Å². The second-order valence-corrected chi connectivity index (χ2v) is 6.03. The number of rotatable bonds is 8. The zero-order chi connectivity index (χ0) is 17.4. The number of ether oxygens (including phenoxy) is 1. The van der Waals surface area contributed by atoms with Crippen LogP contribution in [0.3, 0.4) is 0 Å². The largest absolute Gasteiger partial charge is 0.494 e. The summed E-state index contributed by atoms with van der Waals surface area (Å²) in [6.07, 6.45) is 0. The Bertz CT molecular complexity index is 626. The van der Waals surface area contributed by atoms with Gasteiger partial charge in [-0.25, -0.2) is 0 Å². The molecule has 2 rings (SSSR count). The van der Waals surface area contributed by atoms with Crippen molar-refractivity contribution in [1.82, 2.24) is 5.32 Å². The molecule has 0 saturated carbocycles. The van der Waals surface area contributed by atoms with E-state index in [0.717, 1.165) is 22.8 Å². The SMILES string of the molecule is CCOc1ccc(C[NH+](C)[C@@H](C)C(=O)NCc2ccccc2)cc1. The van der Waals surface area contributed by atoms with Crippen molar-refractivity contribution in [2.24, 2.45) is 0 Å². The van der Waals surface area contributed by atoms with Gasteiger partial charge in [0.15, 0.2) is 6.04 Å². The number of likely N-dealkylation sites (N-methyl/N-ethyl adjacent to an activating group) is 1. The first kappa shape index (κ1) is 18.0. The van der Waals surface area contributed by atoms with Crippen LogP contribution in [-0.4, -0.2) is 25.6 Å². The zero-order valence-electron chi connectivity index (χ0n) is 14.7. The van der Waals surface area contributed by atoms with Gasteiger partial charge in [-0.1, -0.05) is 30.3 Å². The highest BCUT2D eigenvalue weighted by atomic mass is 16.5. The number of carbonyl (C=O) groups excluding carboxylic acids is 1. The molecule has 2 N–H and O–H groups in total. The number of hydrogen-bond acceptors (Lipinski definition) is 2. The minimum absolute atomic E-state index is 0.0716. The van der Waals surface area contributed by atoms with Gasteiger partial charge in [0.05, 0.1) is 13.7 Å². The van der Waals surface area contributed by atoms with Gasteiger partial charge in [-0.05, 0) is 43.7 Å². The molecule has 0 bridgehead atoms. The van der Waals surface area contributed by atoms with Crippen LogP contribution in [0.4, 0.5) is 0 Å². The van der Waals surface area contributed by atoms with Crippen LogP contribution >= 0.6 is 0 Å². The van der Waals surface area contributed by atoms with E-state index in [4.69, 9.17) is 4.74 Å². The maximum atomic E-state index is 12.3. The van der Waals surface area contributed by atoms with E-state index in [-0.39, 0.29) is 11.9 Å². The molecule has 0 aliphatic heterocycles. The Kier molecular flexibility index (Phi) is 6.82.